The van der Waals surface area contributed by atoms with Crippen LogP contribution in [-0.4, -0.2) is 26.1 Å². The minimum atomic E-state index is -4.11. The number of nitrogens with zero attached hydrogens (tertiary/aromatic N) is 1. The van der Waals surface area contributed by atoms with E-state index in [1.165, 1.54) is 18.2 Å². The van der Waals surface area contributed by atoms with Gasteiger partial charge < -0.3 is 14.5 Å². The van der Waals surface area contributed by atoms with Gasteiger partial charge in [0.05, 0.1) is 16.2 Å². The second-order valence-corrected chi connectivity index (χ2v) is 8.37. The second kappa shape index (κ2) is 7.89. The number of benzene rings is 1. The van der Waals surface area contributed by atoms with Crippen molar-refractivity contribution in [2.24, 2.45) is 0 Å². The minimum absolute atomic E-state index is 0.0184. The molecule has 0 saturated heterocycles. The Bertz CT molecular complexity index is 855. The molecule has 10 heteroatoms. The predicted molar refractivity (Wildman–Crippen MR) is 96.1 cm³/mol. The topological polar surface area (TPSA) is 113 Å². The number of H-pyrrole nitrogens is 1. The normalized spacial score (nSPS) is 11.8. The zero-order valence-corrected chi connectivity index (χ0v) is 15.9. The Hall–Kier alpha value is -1.37. The number of hydrogen-bond donors (Lipinski definition) is 3. The lowest BCUT2D eigenvalue weighted by Gasteiger charge is -2.12. The van der Waals surface area contributed by atoms with Gasteiger partial charge >= 0.3 is 7.60 Å². The summed E-state index contributed by atoms with van der Waals surface area (Å²) in [6.45, 7) is 3.73. The number of ether oxygens (including phenoxy) is 1. The van der Waals surface area contributed by atoms with Crippen LogP contribution in [0.3, 0.4) is 0 Å². The quantitative estimate of drug-likeness (QED) is 0.630. The van der Waals surface area contributed by atoms with Crippen LogP contribution in [0.2, 0.25) is 10.0 Å². The summed E-state index contributed by atoms with van der Waals surface area (Å²) < 4.78 is 16.6. The number of hydrogen-bond acceptors (Lipinski definition) is 4. The highest BCUT2D eigenvalue weighted by Gasteiger charge is 2.17. The first-order valence-corrected chi connectivity index (χ1v) is 9.92. The van der Waals surface area contributed by atoms with E-state index in [-0.39, 0.29) is 45.7 Å². The lowest BCUT2D eigenvalue weighted by molar-refractivity contribution is 0.373. The van der Waals surface area contributed by atoms with Gasteiger partial charge in [-0.25, -0.2) is 5.10 Å². The molecule has 0 radical (unpaired) electrons. The fraction of sp³-hybridized carbons (Fsp3) is 0.333. The highest BCUT2D eigenvalue weighted by atomic mass is 35.5. The molecule has 0 aliphatic carbocycles. The Morgan fingerprint density at radius 1 is 1.24 bits per heavy atom. The Morgan fingerprint density at radius 2 is 1.84 bits per heavy atom. The number of aromatic amines is 1. The Kier molecular flexibility index (Phi) is 6.30. The Balaban J connectivity index is 2.27. The van der Waals surface area contributed by atoms with Gasteiger partial charge in [0.15, 0.2) is 5.75 Å². The van der Waals surface area contributed by atoms with E-state index in [0.29, 0.717) is 11.1 Å². The predicted octanol–water partition coefficient (Wildman–Crippen LogP) is 3.71. The van der Waals surface area contributed by atoms with E-state index in [1.54, 1.807) is 0 Å². The minimum Gasteiger partial charge on any atom is -0.434 e. The fourth-order valence-corrected chi connectivity index (χ4v) is 3.27. The van der Waals surface area contributed by atoms with E-state index in [2.05, 4.69) is 10.2 Å². The smallest absolute Gasteiger partial charge is 0.325 e. The van der Waals surface area contributed by atoms with Crippen LogP contribution in [0.25, 0.3) is 0 Å². The van der Waals surface area contributed by atoms with Gasteiger partial charge in [-0.2, -0.15) is 0 Å². The molecule has 7 nitrogen and oxygen atoms in total. The molecule has 0 saturated carbocycles. The summed E-state index contributed by atoms with van der Waals surface area (Å²) in [5, 5.41) is 6.51. The van der Waals surface area contributed by atoms with E-state index >= 15 is 0 Å². The lowest BCUT2D eigenvalue weighted by Crippen LogP contribution is -2.15. The first-order valence-electron chi connectivity index (χ1n) is 7.37. The molecular formula is C15H17Cl2N2O5P. The Labute approximate surface area is 154 Å². The van der Waals surface area contributed by atoms with Crippen LogP contribution in [0.15, 0.2) is 23.0 Å². The van der Waals surface area contributed by atoms with Gasteiger partial charge in [-0.05, 0) is 30.0 Å². The van der Waals surface area contributed by atoms with E-state index in [1.807, 2.05) is 13.8 Å². The largest absolute Gasteiger partial charge is 0.434 e. The van der Waals surface area contributed by atoms with Crippen molar-refractivity contribution >= 4 is 30.8 Å². The standard InChI is InChI=1S/C15H17Cl2N2O5P/c1-8(2)10-7-13(18-19-15(10)20)24-14-11(16)5-9(6-12(14)17)3-4-25(21,22)23/h5-8H,3-4H2,1-2H3,(H,19,20)(H2,21,22,23). The molecule has 2 rings (SSSR count). The van der Waals surface area contributed by atoms with E-state index < -0.39 is 7.60 Å². The number of rotatable bonds is 6. The van der Waals surface area contributed by atoms with Gasteiger partial charge in [-0.3, -0.25) is 9.36 Å². The van der Waals surface area contributed by atoms with Crippen LogP contribution in [-0.2, 0) is 11.0 Å². The molecule has 2 aromatic rings. The SMILES string of the molecule is CC(C)c1cc(Oc2c(Cl)cc(CCP(=O)(O)O)cc2Cl)n[nH]c1=O. The zero-order chi connectivity index (χ0) is 18.8. The van der Waals surface area contributed by atoms with Crippen LogP contribution in [0.1, 0.15) is 30.9 Å². The van der Waals surface area contributed by atoms with Crippen molar-refractivity contribution in [3.05, 3.63) is 49.7 Å². The van der Waals surface area contributed by atoms with Crippen molar-refractivity contribution < 1.29 is 19.1 Å². The molecule has 3 N–H and O–H groups in total. The molecule has 0 bridgehead atoms. The van der Waals surface area contributed by atoms with Gasteiger partial charge in [-0.15, -0.1) is 5.10 Å². The third-order valence-electron chi connectivity index (χ3n) is 3.39. The summed E-state index contributed by atoms with van der Waals surface area (Å²) in [4.78, 5) is 29.6. The fourth-order valence-electron chi connectivity index (χ4n) is 2.12. The summed E-state index contributed by atoms with van der Waals surface area (Å²) >= 11 is 12.3. The zero-order valence-electron chi connectivity index (χ0n) is 13.5. The maximum Gasteiger partial charge on any atom is 0.325 e. The van der Waals surface area contributed by atoms with Crippen molar-refractivity contribution in [1.29, 1.82) is 0 Å². The molecule has 0 spiro atoms. The number of aromatic nitrogens is 2. The number of aryl methyl sites for hydroxylation is 1. The van der Waals surface area contributed by atoms with Crippen molar-refractivity contribution in [3.8, 4) is 11.6 Å². The van der Waals surface area contributed by atoms with Gasteiger partial charge in [0.1, 0.15) is 0 Å². The molecule has 1 aromatic heterocycles. The van der Waals surface area contributed by atoms with Crippen molar-refractivity contribution in [2.75, 3.05) is 6.16 Å². The van der Waals surface area contributed by atoms with Gasteiger partial charge in [0, 0.05) is 11.6 Å². The summed E-state index contributed by atoms with van der Waals surface area (Å²) in [6.07, 6.45) is -0.183. The first-order chi connectivity index (χ1) is 11.6. The molecule has 1 aromatic carbocycles. The molecule has 0 amide bonds. The maximum atomic E-state index is 11.7. The average Bonchev–Trinajstić information content (AvgIpc) is 2.49. The van der Waals surface area contributed by atoms with Crippen molar-refractivity contribution in [3.63, 3.8) is 0 Å². The summed E-state index contributed by atoms with van der Waals surface area (Å²) in [6, 6.07) is 4.55. The lowest BCUT2D eigenvalue weighted by atomic mass is 10.1. The van der Waals surface area contributed by atoms with Crippen LogP contribution in [0.5, 0.6) is 11.6 Å². The summed E-state index contributed by atoms with van der Waals surface area (Å²) in [5.41, 5.74) is 0.783. The van der Waals surface area contributed by atoms with Crippen molar-refractivity contribution in [2.45, 2.75) is 26.2 Å². The number of nitrogens with one attached hydrogen (secondary N) is 1. The van der Waals surface area contributed by atoms with Gasteiger partial charge in [0.25, 0.3) is 5.56 Å². The second-order valence-electron chi connectivity index (χ2n) is 5.77. The van der Waals surface area contributed by atoms with Gasteiger partial charge in [-0.1, -0.05) is 37.0 Å². The number of halogens is 2. The van der Waals surface area contributed by atoms with Crippen LogP contribution < -0.4 is 10.3 Å². The summed E-state index contributed by atoms with van der Waals surface area (Å²) in [5.74, 6) is 0.266. The molecule has 0 aliphatic heterocycles. The van der Waals surface area contributed by atoms with Crippen LogP contribution in [0, 0.1) is 0 Å². The summed E-state index contributed by atoms with van der Waals surface area (Å²) in [7, 11) is -4.11. The molecule has 0 fully saturated rings. The molecule has 25 heavy (non-hydrogen) atoms. The molecule has 0 aliphatic rings. The maximum absolute atomic E-state index is 11.7. The van der Waals surface area contributed by atoms with Gasteiger partial charge in [0.2, 0.25) is 5.88 Å². The molecule has 0 unspecified atom stereocenters. The van der Waals surface area contributed by atoms with Crippen molar-refractivity contribution in [1.82, 2.24) is 10.2 Å². The third-order valence-corrected chi connectivity index (χ3v) is 4.75. The molecule has 0 atom stereocenters. The third kappa shape index (κ3) is 5.56. The van der Waals surface area contributed by atoms with Crippen LogP contribution >= 0.6 is 30.8 Å². The van der Waals surface area contributed by atoms with E-state index in [9.17, 15) is 9.36 Å². The molecule has 1 heterocycles. The monoisotopic (exact) mass is 406 g/mol. The molecule has 136 valence electrons. The van der Waals surface area contributed by atoms with Crippen LogP contribution in [0.4, 0.5) is 0 Å². The highest BCUT2D eigenvalue weighted by Crippen LogP contribution is 2.39. The first kappa shape index (κ1) is 19.9. The molecular weight excluding hydrogens is 390 g/mol. The highest BCUT2D eigenvalue weighted by molar-refractivity contribution is 7.51. The average molecular weight is 407 g/mol. The van der Waals surface area contributed by atoms with E-state index in [0.717, 1.165) is 0 Å². The van der Waals surface area contributed by atoms with E-state index in [4.69, 9.17) is 37.7 Å². The Morgan fingerprint density at radius 3 is 2.36 bits per heavy atom.